The molecule has 0 radical (unpaired) electrons. The highest BCUT2D eigenvalue weighted by Gasteiger charge is 2.29. The van der Waals surface area contributed by atoms with Crippen molar-refractivity contribution in [1.29, 1.82) is 0 Å². The second-order valence-corrected chi connectivity index (χ2v) is 11.8. The zero-order valence-electron chi connectivity index (χ0n) is 20.0. The minimum atomic E-state index is -3.61. The Labute approximate surface area is 209 Å². The molecule has 1 fully saturated rings. The number of hydrogen-bond donors (Lipinski definition) is 0. The van der Waals surface area contributed by atoms with E-state index in [1.807, 2.05) is 11.5 Å². The van der Waals surface area contributed by atoms with Gasteiger partial charge in [-0.05, 0) is 68.5 Å². The largest absolute Gasteiger partial charge is 0.382 e. The molecule has 0 saturated carbocycles. The zero-order chi connectivity index (χ0) is 25.0. The molecular weight excluding hydrogens is 492 g/mol. The molecule has 1 atom stereocenters. The smallest absolute Gasteiger partial charge is 0.243 e. The summed E-state index contributed by atoms with van der Waals surface area (Å²) >= 11 is 1.30. The summed E-state index contributed by atoms with van der Waals surface area (Å²) in [7, 11) is -3.61. The van der Waals surface area contributed by atoms with Gasteiger partial charge in [0.2, 0.25) is 10.0 Å². The number of hydrogen-bond acceptors (Lipinski definition) is 5. The molecular formula is C25H31F2N3O3S2. The highest BCUT2D eigenvalue weighted by Crippen LogP contribution is 2.31. The van der Waals surface area contributed by atoms with E-state index in [1.54, 1.807) is 22.5 Å². The van der Waals surface area contributed by atoms with E-state index in [4.69, 9.17) is 9.72 Å². The number of sulfonamides is 1. The second kappa shape index (κ2) is 11.4. The van der Waals surface area contributed by atoms with Gasteiger partial charge in [-0.2, -0.15) is 4.31 Å². The van der Waals surface area contributed by atoms with Crippen molar-refractivity contribution in [2.24, 2.45) is 5.92 Å². The minimum Gasteiger partial charge on any atom is -0.382 e. The Morgan fingerprint density at radius 1 is 1.20 bits per heavy atom. The molecule has 190 valence electrons. The lowest BCUT2D eigenvalue weighted by molar-refractivity contribution is 0.141. The Hall–Kier alpha value is -2.01. The third-order valence-corrected chi connectivity index (χ3v) is 9.07. The van der Waals surface area contributed by atoms with E-state index in [0.717, 1.165) is 36.9 Å². The molecule has 3 aromatic rings. The quantitative estimate of drug-likeness (QED) is 0.261. The van der Waals surface area contributed by atoms with Crippen molar-refractivity contribution >= 4 is 32.8 Å². The number of aryl methyl sites for hydroxylation is 1. The molecule has 6 nitrogen and oxygen atoms in total. The predicted molar refractivity (Wildman–Crippen MR) is 134 cm³/mol. The molecule has 0 spiro atoms. The first kappa shape index (κ1) is 26.1. The summed E-state index contributed by atoms with van der Waals surface area (Å²) in [5.74, 6) is -0.427. The molecule has 1 saturated heterocycles. The summed E-state index contributed by atoms with van der Waals surface area (Å²) in [6.45, 7) is 6.87. The van der Waals surface area contributed by atoms with Gasteiger partial charge in [0, 0.05) is 44.2 Å². The van der Waals surface area contributed by atoms with E-state index < -0.39 is 21.7 Å². The fourth-order valence-electron chi connectivity index (χ4n) is 4.35. The number of thioether (sulfide) groups is 1. The van der Waals surface area contributed by atoms with Gasteiger partial charge in [-0.1, -0.05) is 18.7 Å². The van der Waals surface area contributed by atoms with E-state index in [2.05, 4.69) is 6.92 Å². The van der Waals surface area contributed by atoms with Crippen LogP contribution in [0.1, 0.15) is 38.7 Å². The van der Waals surface area contributed by atoms with Gasteiger partial charge in [-0.25, -0.2) is 22.2 Å². The lowest BCUT2D eigenvalue weighted by atomic mass is 10.0. The SMILES string of the molecule is CCOCCCn1c(SCc2cc(F)ccc2F)nc2cc(S(=O)(=O)N3CCC[C@H](C)C3)ccc21. The van der Waals surface area contributed by atoms with Gasteiger partial charge in [0.15, 0.2) is 5.16 Å². The van der Waals surface area contributed by atoms with Crippen LogP contribution in [0.4, 0.5) is 8.78 Å². The molecule has 2 aromatic carbocycles. The first-order chi connectivity index (χ1) is 16.8. The summed E-state index contributed by atoms with van der Waals surface area (Å²) in [4.78, 5) is 4.93. The Bertz CT molecular complexity index is 1280. The predicted octanol–water partition coefficient (Wildman–Crippen LogP) is 5.45. The van der Waals surface area contributed by atoms with Gasteiger partial charge in [0.25, 0.3) is 0 Å². The van der Waals surface area contributed by atoms with Gasteiger partial charge >= 0.3 is 0 Å². The first-order valence-corrected chi connectivity index (χ1v) is 14.4. The van der Waals surface area contributed by atoms with Crippen molar-refractivity contribution in [2.75, 3.05) is 26.3 Å². The number of aromatic nitrogens is 2. The normalized spacial score (nSPS) is 17.3. The molecule has 2 heterocycles. The van der Waals surface area contributed by atoms with Crippen LogP contribution in [0, 0.1) is 17.6 Å². The fraction of sp³-hybridized carbons (Fsp3) is 0.480. The number of piperidine rings is 1. The molecule has 10 heteroatoms. The van der Waals surface area contributed by atoms with E-state index in [-0.39, 0.29) is 16.2 Å². The Balaban J connectivity index is 1.64. The van der Waals surface area contributed by atoms with Crippen molar-refractivity contribution in [1.82, 2.24) is 13.9 Å². The van der Waals surface area contributed by atoms with Gasteiger partial charge < -0.3 is 9.30 Å². The first-order valence-electron chi connectivity index (χ1n) is 11.9. The number of nitrogens with zero attached hydrogens (tertiary/aromatic N) is 3. The highest BCUT2D eigenvalue weighted by atomic mass is 32.2. The maximum Gasteiger partial charge on any atom is 0.243 e. The summed E-state index contributed by atoms with van der Waals surface area (Å²) in [5.41, 5.74) is 1.62. The lowest BCUT2D eigenvalue weighted by Gasteiger charge is -2.30. The van der Waals surface area contributed by atoms with Gasteiger partial charge in [0.1, 0.15) is 11.6 Å². The van der Waals surface area contributed by atoms with Crippen LogP contribution in [0.2, 0.25) is 0 Å². The van der Waals surface area contributed by atoms with Crippen molar-refractivity contribution in [3.8, 4) is 0 Å². The fourth-order valence-corrected chi connectivity index (χ4v) is 6.99. The number of rotatable bonds is 10. The molecule has 0 aliphatic carbocycles. The summed E-state index contributed by atoms with van der Waals surface area (Å²) in [5, 5.41) is 0.626. The molecule has 4 rings (SSSR count). The molecule has 35 heavy (non-hydrogen) atoms. The maximum absolute atomic E-state index is 14.2. The van der Waals surface area contributed by atoms with Gasteiger partial charge in [-0.15, -0.1) is 0 Å². The number of benzene rings is 2. The van der Waals surface area contributed by atoms with Crippen LogP contribution >= 0.6 is 11.8 Å². The minimum absolute atomic E-state index is 0.204. The Morgan fingerprint density at radius 3 is 2.80 bits per heavy atom. The van der Waals surface area contributed by atoms with Crippen LogP contribution in [-0.2, 0) is 27.1 Å². The molecule has 0 amide bonds. The van der Waals surface area contributed by atoms with Crippen LogP contribution in [0.3, 0.4) is 0 Å². The highest BCUT2D eigenvalue weighted by molar-refractivity contribution is 7.98. The van der Waals surface area contributed by atoms with Crippen molar-refractivity contribution in [3.05, 3.63) is 53.6 Å². The molecule has 1 aliphatic heterocycles. The van der Waals surface area contributed by atoms with E-state index in [9.17, 15) is 17.2 Å². The third-order valence-electron chi connectivity index (χ3n) is 6.18. The van der Waals surface area contributed by atoms with E-state index in [1.165, 1.54) is 17.8 Å². The van der Waals surface area contributed by atoms with Crippen LogP contribution in [0.25, 0.3) is 11.0 Å². The van der Waals surface area contributed by atoms with E-state index >= 15 is 0 Å². The molecule has 1 aromatic heterocycles. The number of imidazole rings is 1. The Kier molecular flexibility index (Phi) is 8.46. The summed E-state index contributed by atoms with van der Waals surface area (Å²) in [6, 6.07) is 8.45. The maximum atomic E-state index is 14.2. The number of fused-ring (bicyclic) bond motifs is 1. The molecule has 0 bridgehead atoms. The summed E-state index contributed by atoms with van der Waals surface area (Å²) in [6.07, 6.45) is 2.63. The van der Waals surface area contributed by atoms with Crippen molar-refractivity contribution in [3.63, 3.8) is 0 Å². The lowest BCUT2D eigenvalue weighted by Crippen LogP contribution is -2.39. The van der Waals surface area contributed by atoms with Crippen molar-refractivity contribution in [2.45, 2.75) is 55.5 Å². The molecule has 0 N–H and O–H groups in total. The van der Waals surface area contributed by atoms with Crippen LogP contribution < -0.4 is 0 Å². The Morgan fingerprint density at radius 2 is 2.03 bits per heavy atom. The average Bonchev–Trinajstić information content (AvgIpc) is 3.19. The monoisotopic (exact) mass is 523 g/mol. The molecule has 0 unspecified atom stereocenters. The number of ether oxygens (including phenoxy) is 1. The topological polar surface area (TPSA) is 64.4 Å². The van der Waals surface area contributed by atoms with Gasteiger partial charge in [-0.3, -0.25) is 0 Å². The summed E-state index contributed by atoms with van der Waals surface area (Å²) < 4.78 is 63.4. The van der Waals surface area contributed by atoms with Crippen LogP contribution in [0.15, 0.2) is 46.5 Å². The van der Waals surface area contributed by atoms with Crippen LogP contribution in [-0.4, -0.2) is 48.6 Å². The van der Waals surface area contributed by atoms with Gasteiger partial charge in [0.05, 0.1) is 15.9 Å². The second-order valence-electron chi connectivity index (χ2n) is 8.88. The number of halogens is 2. The van der Waals surface area contributed by atoms with Crippen molar-refractivity contribution < 1.29 is 21.9 Å². The van der Waals surface area contributed by atoms with Crippen LogP contribution in [0.5, 0.6) is 0 Å². The molecule has 1 aliphatic rings. The third kappa shape index (κ3) is 6.04. The standard InChI is InChI=1S/C25H31F2N3O3S2/c1-3-33-13-5-12-30-24-10-8-21(35(31,32)29-11-4-6-18(2)16-29)15-23(24)28-25(30)34-17-19-14-20(26)7-9-22(19)27/h7-10,14-15,18H,3-6,11-13,16-17H2,1-2H3/t18-/m0/s1. The van der Waals surface area contributed by atoms with E-state index in [0.29, 0.717) is 49.4 Å². The zero-order valence-corrected chi connectivity index (χ0v) is 21.7. The average molecular weight is 524 g/mol.